The molecule has 0 radical (unpaired) electrons. The van der Waals surface area contributed by atoms with Crippen molar-refractivity contribution in [1.82, 2.24) is 13.9 Å². The Bertz CT molecular complexity index is 1250. The number of rotatable bonds is 10. The number of aromatic nitrogens is 2. The maximum Gasteiger partial charge on any atom is 0.243 e. The van der Waals surface area contributed by atoms with Gasteiger partial charge in [0.25, 0.3) is 0 Å². The molecule has 1 fully saturated rings. The van der Waals surface area contributed by atoms with Gasteiger partial charge in [-0.15, -0.1) is 0 Å². The molecule has 0 saturated carbocycles. The van der Waals surface area contributed by atoms with E-state index in [4.69, 9.17) is 9.72 Å². The van der Waals surface area contributed by atoms with Gasteiger partial charge in [0, 0.05) is 38.2 Å². The number of anilines is 1. The Morgan fingerprint density at radius 3 is 2.50 bits per heavy atom. The van der Waals surface area contributed by atoms with Gasteiger partial charge in [0.1, 0.15) is 11.6 Å². The molecule has 8 nitrogen and oxygen atoms in total. The molecule has 1 aliphatic rings. The van der Waals surface area contributed by atoms with Crippen molar-refractivity contribution in [3.05, 3.63) is 48.3 Å². The van der Waals surface area contributed by atoms with E-state index in [0.29, 0.717) is 37.3 Å². The number of amides is 1. The number of carbonyl (C=O) groups is 1. The van der Waals surface area contributed by atoms with E-state index in [1.165, 1.54) is 0 Å². The van der Waals surface area contributed by atoms with Gasteiger partial charge in [-0.1, -0.05) is 6.92 Å². The summed E-state index contributed by atoms with van der Waals surface area (Å²) in [5.74, 6) is 1.45. The van der Waals surface area contributed by atoms with E-state index in [-0.39, 0.29) is 17.2 Å². The van der Waals surface area contributed by atoms with Crippen LogP contribution in [-0.4, -0.2) is 47.9 Å². The van der Waals surface area contributed by atoms with E-state index >= 15 is 0 Å². The predicted molar refractivity (Wildman–Crippen MR) is 133 cm³/mol. The lowest BCUT2D eigenvalue weighted by atomic mass is 10.2. The molecule has 3 aromatic rings. The Kier molecular flexibility index (Phi) is 7.53. The van der Waals surface area contributed by atoms with Gasteiger partial charge >= 0.3 is 0 Å². The summed E-state index contributed by atoms with van der Waals surface area (Å²) in [6.07, 6.45) is 3.44. The minimum atomic E-state index is -3.50. The van der Waals surface area contributed by atoms with E-state index in [0.717, 1.165) is 42.9 Å². The molecule has 2 aromatic carbocycles. The summed E-state index contributed by atoms with van der Waals surface area (Å²) in [6, 6.07) is 12.5. The van der Waals surface area contributed by atoms with Crippen molar-refractivity contribution in [3.8, 4) is 5.75 Å². The number of carbonyl (C=O) groups excluding carboxylic acids is 1. The fourth-order valence-corrected chi connectivity index (χ4v) is 5.85. The van der Waals surface area contributed by atoms with Crippen molar-refractivity contribution in [2.45, 2.75) is 57.4 Å². The molecule has 1 saturated heterocycles. The molecule has 0 atom stereocenters. The first-order valence-electron chi connectivity index (χ1n) is 11.9. The molecule has 1 aliphatic heterocycles. The molecule has 0 aliphatic carbocycles. The number of fused-ring (bicyclic) bond motifs is 1. The van der Waals surface area contributed by atoms with Crippen molar-refractivity contribution in [1.29, 1.82) is 0 Å². The Labute approximate surface area is 201 Å². The summed E-state index contributed by atoms with van der Waals surface area (Å²) in [5, 5.41) is 2.91. The van der Waals surface area contributed by atoms with Gasteiger partial charge in [-0.3, -0.25) is 4.79 Å². The predicted octanol–water partition coefficient (Wildman–Crippen LogP) is 4.20. The van der Waals surface area contributed by atoms with Crippen molar-refractivity contribution < 1.29 is 17.9 Å². The van der Waals surface area contributed by atoms with Gasteiger partial charge in [-0.25, -0.2) is 13.4 Å². The fraction of sp³-hybridized carbons (Fsp3) is 0.440. The van der Waals surface area contributed by atoms with Gasteiger partial charge < -0.3 is 14.6 Å². The van der Waals surface area contributed by atoms with Crippen LogP contribution in [0.2, 0.25) is 0 Å². The summed E-state index contributed by atoms with van der Waals surface area (Å²) in [6.45, 7) is 6.49. The number of imidazole rings is 1. The van der Waals surface area contributed by atoms with E-state index in [1.807, 2.05) is 37.3 Å². The molecule has 34 heavy (non-hydrogen) atoms. The zero-order valence-corrected chi connectivity index (χ0v) is 20.6. The van der Waals surface area contributed by atoms with Crippen molar-refractivity contribution in [2.75, 3.05) is 25.0 Å². The van der Waals surface area contributed by atoms with Crippen LogP contribution in [0.1, 0.15) is 45.4 Å². The minimum Gasteiger partial charge on any atom is -0.494 e. The van der Waals surface area contributed by atoms with Crippen LogP contribution in [0.4, 0.5) is 5.69 Å². The molecule has 9 heteroatoms. The second-order valence-corrected chi connectivity index (χ2v) is 10.4. The number of hydrogen-bond acceptors (Lipinski definition) is 5. The Morgan fingerprint density at radius 2 is 1.82 bits per heavy atom. The molecule has 0 unspecified atom stereocenters. The van der Waals surface area contributed by atoms with Crippen LogP contribution in [0.3, 0.4) is 0 Å². The smallest absolute Gasteiger partial charge is 0.243 e. The number of sulfonamides is 1. The summed E-state index contributed by atoms with van der Waals surface area (Å²) < 4.78 is 35.0. The molecule has 1 aromatic heterocycles. The van der Waals surface area contributed by atoms with Gasteiger partial charge in [-0.2, -0.15) is 4.31 Å². The lowest BCUT2D eigenvalue weighted by Gasteiger charge is -2.15. The molecular weight excluding hydrogens is 452 g/mol. The number of aryl methyl sites for hydroxylation is 2. The Hall–Kier alpha value is -2.91. The van der Waals surface area contributed by atoms with E-state index in [2.05, 4.69) is 16.8 Å². The minimum absolute atomic E-state index is 0.100. The fourth-order valence-electron chi connectivity index (χ4n) is 4.31. The highest BCUT2D eigenvalue weighted by molar-refractivity contribution is 7.89. The maximum atomic E-state index is 13.0. The van der Waals surface area contributed by atoms with Crippen LogP contribution >= 0.6 is 0 Å². The summed E-state index contributed by atoms with van der Waals surface area (Å²) >= 11 is 0. The number of ether oxygens (including phenoxy) is 1. The van der Waals surface area contributed by atoms with E-state index in [1.54, 1.807) is 16.4 Å². The van der Waals surface area contributed by atoms with Gasteiger partial charge in [0.15, 0.2) is 0 Å². The Morgan fingerprint density at radius 1 is 1.09 bits per heavy atom. The summed E-state index contributed by atoms with van der Waals surface area (Å²) in [5.41, 5.74) is 2.26. The molecule has 1 N–H and O–H groups in total. The summed E-state index contributed by atoms with van der Waals surface area (Å²) in [7, 11) is -3.50. The average Bonchev–Trinajstić information content (AvgIpc) is 3.48. The average molecular weight is 485 g/mol. The third kappa shape index (κ3) is 5.26. The third-order valence-corrected chi connectivity index (χ3v) is 7.87. The van der Waals surface area contributed by atoms with Crippen LogP contribution in [0.25, 0.3) is 11.0 Å². The number of benzene rings is 2. The summed E-state index contributed by atoms with van der Waals surface area (Å²) in [4.78, 5) is 17.6. The monoisotopic (exact) mass is 484 g/mol. The zero-order chi connectivity index (χ0) is 24.1. The maximum absolute atomic E-state index is 13.0. The first-order valence-corrected chi connectivity index (χ1v) is 13.4. The SMILES string of the molecule is CCCn1c(CCC(=O)Nc2ccc(OCC)cc2)nc2cc(S(=O)(=O)N3CCCC3)ccc21. The van der Waals surface area contributed by atoms with Crippen LogP contribution in [0, 0.1) is 0 Å². The highest BCUT2D eigenvalue weighted by Gasteiger charge is 2.27. The van der Waals surface area contributed by atoms with Gasteiger partial charge in [0.2, 0.25) is 15.9 Å². The topological polar surface area (TPSA) is 93.5 Å². The van der Waals surface area contributed by atoms with Gasteiger partial charge in [-0.05, 0) is 68.7 Å². The molecule has 0 spiro atoms. The van der Waals surface area contributed by atoms with Gasteiger partial charge in [0.05, 0.1) is 22.5 Å². The molecule has 182 valence electrons. The normalized spacial score (nSPS) is 14.5. The second kappa shape index (κ2) is 10.6. The van der Waals surface area contributed by atoms with Crippen molar-refractivity contribution in [3.63, 3.8) is 0 Å². The highest BCUT2D eigenvalue weighted by Crippen LogP contribution is 2.26. The molecule has 4 rings (SSSR count). The van der Waals surface area contributed by atoms with Crippen LogP contribution in [0.15, 0.2) is 47.4 Å². The second-order valence-electron chi connectivity index (χ2n) is 8.45. The number of nitrogens with zero attached hydrogens (tertiary/aromatic N) is 3. The van der Waals surface area contributed by atoms with E-state index in [9.17, 15) is 13.2 Å². The molecule has 1 amide bonds. The molecule has 2 heterocycles. The molecule has 0 bridgehead atoms. The first-order chi connectivity index (χ1) is 16.4. The number of hydrogen-bond donors (Lipinski definition) is 1. The molecular formula is C25H32N4O4S. The third-order valence-electron chi connectivity index (χ3n) is 5.97. The van der Waals surface area contributed by atoms with Crippen LogP contribution < -0.4 is 10.1 Å². The highest BCUT2D eigenvalue weighted by atomic mass is 32.2. The first kappa shape index (κ1) is 24.2. The zero-order valence-electron chi connectivity index (χ0n) is 19.8. The largest absolute Gasteiger partial charge is 0.494 e. The standard InChI is InChI=1S/C25H32N4O4S/c1-3-15-29-23-12-11-21(34(31,32)28-16-5-6-17-28)18-22(23)27-24(29)13-14-25(30)26-19-7-9-20(10-8-19)33-4-2/h7-12,18H,3-6,13-17H2,1-2H3,(H,26,30). The Balaban J connectivity index is 1.49. The lowest BCUT2D eigenvalue weighted by molar-refractivity contribution is -0.116. The lowest BCUT2D eigenvalue weighted by Crippen LogP contribution is -2.27. The van der Waals surface area contributed by atoms with E-state index < -0.39 is 10.0 Å². The number of nitrogens with one attached hydrogen (secondary N) is 1. The van der Waals surface area contributed by atoms with Crippen molar-refractivity contribution in [2.24, 2.45) is 0 Å². The van der Waals surface area contributed by atoms with Crippen LogP contribution in [0.5, 0.6) is 5.75 Å². The van der Waals surface area contributed by atoms with Crippen molar-refractivity contribution >= 4 is 32.7 Å². The van der Waals surface area contributed by atoms with Crippen LogP contribution in [-0.2, 0) is 27.8 Å². The quantitative estimate of drug-likeness (QED) is 0.465.